The lowest BCUT2D eigenvalue weighted by Gasteiger charge is -2.24. The van der Waals surface area contributed by atoms with Crippen molar-refractivity contribution in [2.75, 3.05) is 6.61 Å². The Hall–Kier alpha value is -1.02. The summed E-state index contributed by atoms with van der Waals surface area (Å²) in [6.45, 7) is 12.7. The van der Waals surface area contributed by atoms with Gasteiger partial charge in [0.05, 0.1) is 0 Å². The van der Waals surface area contributed by atoms with Crippen molar-refractivity contribution in [1.29, 1.82) is 0 Å². The molecule has 2 heteroatoms. The first-order valence-electron chi connectivity index (χ1n) is 7.14. The summed E-state index contributed by atoms with van der Waals surface area (Å²) in [6, 6.07) is 4.17. The van der Waals surface area contributed by atoms with Gasteiger partial charge in [-0.05, 0) is 40.4 Å². The number of phenols is 1. The van der Waals surface area contributed by atoms with E-state index in [4.69, 9.17) is 0 Å². The summed E-state index contributed by atoms with van der Waals surface area (Å²) in [6.07, 6.45) is 0.823. The Labute approximate surface area is 117 Å². The van der Waals surface area contributed by atoms with Gasteiger partial charge in [0, 0.05) is 6.61 Å². The van der Waals surface area contributed by atoms with Crippen molar-refractivity contribution in [3.63, 3.8) is 0 Å². The van der Waals surface area contributed by atoms with Crippen LogP contribution in [0.5, 0.6) is 5.75 Å². The van der Waals surface area contributed by atoms with E-state index in [0.29, 0.717) is 17.6 Å². The first-order valence-corrected chi connectivity index (χ1v) is 7.14. The maximum absolute atomic E-state index is 10.4. The topological polar surface area (TPSA) is 40.5 Å². The van der Waals surface area contributed by atoms with Gasteiger partial charge in [-0.3, -0.25) is 0 Å². The van der Waals surface area contributed by atoms with Gasteiger partial charge >= 0.3 is 0 Å². The van der Waals surface area contributed by atoms with Crippen LogP contribution in [-0.4, -0.2) is 16.8 Å². The molecular formula is C17H28O2. The van der Waals surface area contributed by atoms with E-state index in [9.17, 15) is 10.2 Å². The van der Waals surface area contributed by atoms with Crippen molar-refractivity contribution in [1.82, 2.24) is 0 Å². The highest BCUT2D eigenvalue weighted by Crippen LogP contribution is 2.36. The standard InChI is InChI=1S/C17H28O2/c1-11(2)14-7-13(9-17(5,6)10-18)8-15(12(3)4)16(14)19/h7-8,11-12,18-19H,9-10H2,1-6H3. The zero-order chi connectivity index (χ0) is 14.8. The van der Waals surface area contributed by atoms with Gasteiger partial charge in [-0.25, -0.2) is 0 Å². The molecule has 0 radical (unpaired) electrons. The summed E-state index contributed by atoms with van der Waals surface area (Å²) >= 11 is 0. The molecule has 0 saturated carbocycles. The number of hydrogen-bond acceptors (Lipinski definition) is 2. The highest BCUT2D eigenvalue weighted by molar-refractivity contribution is 5.47. The van der Waals surface area contributed by atoms with Crippen LogP contribution in [0.4, 0.5) is 0 Å². The quantitative estimate of drug-likeness (QED) is 0.836. The molecule has 0 spiro atoms. The van der Waals surface area contributed by atoms with Crippen LogP contribution in [0.15, 0.2) is 12.1 Å². The second-order valence-electron chi connectivity index (χ2n) is 6.93. The Balaban J connectivity index is 3.27. The van der Waals surface area contributed by atoms with E-state index in [2.05, 4.69) is 53.7 Å². The zero-order valence-electron chi connectivity index (χ0n) is 13.1. The van der Waals surface area contributed by atoms with E-state index in [1.165, 1.54) is 5.56 Å². The monoisotopic (exact) mass is 264 g/mol. The largest absolute Gasteiger partial charge is 0.507 e. The van der Waals surface area contributed by atoms with Crippen molar-refractivity contribution in [2.45, 2.75) is 59.8 Å². The Morgan fingerprint density at radius 2 is 1.42 bits per heavy atom. The Kier molecular flexibility index (Phi) is 5.03. The van der Waals surface area contributed by atoms with E-state index < -0.39 is 0 Å². The van der Waals surface area contributed by atoms with Crippen molar-refractivity contribution in [3.8, 4) is 5.75 Å². The molecule has 0 aliphatic carbocycles. The average Bonchev–Trinajstić information content (AvgIpc) is 2.30. The molecule has 0 aromatic heterocycles. The summed E-state index contributed by atoms with van der Waals surface area (Å²) in [7, 11) is 0. The molecule has 19 heavy (non-hydrogen) atoms. The van der Waals surface area contributed by atoms with Gasteiger partial charge < -0.3 is 10.2 Å². The maximum Gasteiger partial charge on any atom is 0.122 e. The minimum Gasteiger partial charge on any atom is -0.507 e. The summed E-state index contributed by atoms with van der Waals surface area (Å²) in [4.78, 5) is 0. The minimum atomic E-state index is -0.126. The van der Waals surface area contributed by atoms with Crippen molar-refractivity contribution >= 4 is 0 Å². The SMILES string of the molecule is CC(C)c1cc(CC(C)(C)CO)cc(C(C)C)c1O. The Morgan fingerprint density at radius 1 is 1.00 bits per heavy atom. The molecule has 0 atom stereocenters. The van der Waals surface area contributed by atoms with Gasteiger partial charge in [-0.2, -0.15) is 0 Å². The van der Waals surface area contributed by atoms with Crippen LogP contribution in [0.25, 0.3) is 0 Å². The molecule has 2 N–H and O–H groups in total. The van der Waals surface area contributed by atoms with E-state index in [-0.39, 0.29) is 12.0 Å². The third kappa shape index (κ3) is 3.97. The summed E-state index contributed by atoms with van der Waals surface area (Å²) in [5.74, 6) is 1.04. The second kappa shape index (κ2) is 5.96. The van der Waals surface area contributed by atoms with Crippen LogP contribution in [0.3, 0.4) is 0 Å². The highest BCUT2D eigenvalue weighted by Gasteiger charge is 2.20. The van der Waals surface area contributed by atoms with E-state index >= 15 is 0 Å². The van der Waals surface area contributed by atoms with Crippen molar-refractivity contribution < 1.29 is 10.2 Å². The fourth-order valence-corrected chi connectivity index (χ4v) is 2.34. The summed E-state index contributed by atoms with van der Waals surface area (Å²) < 4.78 is 0. The van der Waals surface area contributed by atoms with Crippen LogP contribution in [0.1, 0.15) is 70.1 Å². The van der Waals surface area contributed by atoms with Gasteiger partial charge in [-0.1, -0.05) is 53.7 Å². The molecule has 108 valence electrons. The Morgan fingerprint density at radius 3 is 1.74 bits per heavy atom. The number of phenolic OH excluding ortho intramolecular Hbond substituents is 1. The molecule has 0 aliphatic rings. The molecule has 0 saturated heterocycles. The average molecular weight is 264 g/mol. The molecule has 0 unspecified atom stereocenters. The lowest BCUT2D eigenvalue weighted by molar-refractivity contribution is 0.159. The smallest absolute Gasteiger partial charge is 0.122 e. The molecular weight excluding hydrogens is 236 g/mol. The highest BCUT2D eigenvalue weighted by atomic mass is 16.3. The van der Waals surface area contributed by atoms with Crippen LogP contribution < -0.4 is 0 Å². The number of hydrogen-bond donors (Lipinski definition) is 2. The van der Waals surface area contributed by atoms with Gasteiger partial charge in [0.1, 0.15) is 5.75 Å². The first kappa shape index (κ1) is 16.0. The fourth-order valence-electron chi connectivity index (χ4n) is 2.34. The molecule has 1 aromatic carbocycles. The van der Waals surface area contributed by atoms with Crippen LogP contribution in [0, 0.1) is 5.41 Å². The molecule has 1 aromatic rings. The van der Waals surface area contributed by atoms with Gasteiger partial charge in [0.2, 0.25) is 0 Å². The number of aliphatic hydroxyl groups excluding tert-OH is 1. The fraction of sp³-hybridized carbons (Fsp3) is 0.647. The summed E-state index contributed by atoms with van der Waals surface area (Å²) in [5.41, 5.74) is 3.09. The zero-order valence-corrected chi connectivity index (χ0v) is 13.1. The first-order chi connectivity index (χ1) is 8.68. The van der Waals surface area contributed by atoms with Gasteiger partial charge in [0.25, 0.3) is 0 Å². The van der Waals surface area contributed by atoms with Gasteiger partial charge in [0.15, 0.2) is 0 Å². The maximum atomic E-state index is 10.4. The summed E-state index contributed by atoms with van der Waals surface area (Å²) in [5, 5.41) is 19.8. The number of benzene rings is 1. The van der Waals surface area contributed by atoms with Gasteiger partial charge in [-0.15, -0.1) is 0 Å². The molecule has 0 fully saturated rings. The number of aliphatic hydroxyl groups is 1. The molecule has 0 aliphatic heterocycles. The van der Waals surface area contributed by atoms with Crippen molar-refractivity contribution in [3.05, 3.63) is 28.8 Å². The van der Waals surface area contributed by atoms with Crippen molar-refractivity contribution in [2.24, 2.45) is 5.41 Å². The molecule has 2 nitrogen and oxygen atoms in total. The predicted molar refractivity (Wildman–Crippen MR) is 80.9 cm³/mol. The third-order valence-corrected chi connectivity index (χ3v) is 3.58. The lowest BCUT2D eigenvalue weighted by Crippen LogP contribution is -2.20. The lowest BCUT2D eigenvalue weighted by atomic mass is 9.83. The molecule has 0 amide bonds. The predicted octanol–water partition coefficient (Wildman–Crippen LogP) is 4.20. The normalized spacial score (nSPS) is 12.5. The van der Waals surface area contributed by atoms with E-state index in [1.54, 1.807) is 0 Å². The van der Waals surface area contributed by atoms with E-state index in [1.807, 2.05) is 0 Å². The Bertz CT molecular complexity index is 402. The van der Waals surface area contributed by atoms with Crippen LogP contribution >= 0.6 is 0 Å². The third-order valence-electron chi connectivity index (χ3n) is 3.58. The molecule has 1 rings (SSSR count). The molecule has 0 heterocycles. The van der Waals surface area contributed by atoms with Crippen LogP contribution in [-0.2, 0) is 6.42 Å². The second-order valence-corrected chi connectivity index (χ2v) is 6.93. The number of rotatable bonds is 5. The van der Waals surface area contributed by atoms with Crippen LogP contribution in [0.2, 0.25) is 0 Å². The minimum absolute atomic E-state index is 0.126. The number of aromatic hydroxyl groups is 1. The molecule has 0 bridgehead atoms. The van der Waals surface area contributed by atoms with E-state index in [0.717, 1.165) is 17.5 Å².